The van der Waals surface area contributed by atoms with E-state index >= 15 is 0 Å². The number of nitrogens with one attached hydrogen (secondary N) is 1. The van der Waals surface area contributed by atoms with Gasteiger partial charge in [0.1, 0.15) is 5.52 Å². The van der Waals surface area contributed by atoms with Gasteiger partial charge in [-0.3, -0.25) is 4.79 Å². The first-order chi connectivity index (χ1) is 15.4. The van der Waals surface area contributed by atoms with Gasteiger partial charge in [-0.25, -0.2) is 4.98 Å². The molecule has 1 N–H and O–H groups in total. The van der Waals surface area contributed by atoms with Gasteiger partial charge in [0.05, 0.1) is 11.1 Å². The van der Waals surface area contributed by atoms with Gasteiger partial charge in [-0.15, -0.1) is 0 Å². The van der Waals surface area contributed by atoms with Crippen molar-refractivity contribution < 1.29 is 9.21 Å². The molecule has 2 unspecified atom stereocenters. The van der Waals surface area contributed by atoms with Gasteiger partial charge in [-0.1, -0.05) is 30.2 Å². The Bertz CT molecular complexity index is 1140. The van der Waals surface area contributed by atoms with Gasteiger partial charge < -0.3 is 19.5 Å². The molecule has 2 bridgehead atoms. The molecule has 2 fully saturated rings. The highest BCUT2D eigenvalue weighted by atomic mass is 35.5. The Morgan fingerprint density at radius 2 is 1.91 bits per heavy atom. The number of amides is 1. The number of rotatable bonds is 4. The second kappa shape index (κ2) is 8.41. The summed E-state index contributed by atoms with van der Waals surface area (Å²) in [5.74, 6) is 0.348. The van der Waals surface area contributed by atoms with E-state index in [4.69, 9.17) is 21.0 Å². The maximum Gasteiger partial charge on any atom is 0.253 e. The van der Waals surface area contributed by atoms with E-state index in [9.17, 15) is 4.79 Å². The summed E-state index contributed by atoms with van der Waals surface area (Å²) < 4.78 is 6.07. The van der Waals surface area contributed by atoms with Gasteiger partial charge in [0.25, 0.3) is 5.91 Å². The number of carbonyl (C=O) groups is 1. The molecule has 6 nitrogen and oxygen atoms in total. The summed E-state index contributed by atoms with van der Waals surface area (Å²) in [7, 11) is 6.18. The van der Waals surface area contributed by atoms with Crippen molar-refractivity contribution in [3.05, 3.63) is 47.0 Å². The molecule has 0 radical (unpaired) electrons. The zero-order valence-electron chi connectivity index (χ0n) is 18.8. The molecule has 5 rings (SSSR count). The zero-order chi connectivity index (χ0) is 22.4. The minimum absolute atomic E-state index is 0.133. The van der Waals surface area contributed by atoms with E-state index in [0.29, 0.717) is 39.7 Å². The van der Waals surface area contributed by atoms with E-state index in [2.05, 4.69) is 17.3 Å². The van der Waals surface area contributed by atoms with Gasteiger partial charge in [-0.2, -0.15) is 0 Å². The average Bonchev–Trinajstić information content (AvgIpc) is 3.17. The lowest BCUT2D eigenvalue weighted by molar-refractivity contribution is 0.0463. The minimum Gasteiger partial charge on any atom is -0.436 e. The van der Waals surface area contributed by atoms with E-state index in [1.165, 1.54) is 19.3 Å². The predicted molar refractivity (Wildman–Crippen MR) is 128 cm³/mol. The van der Waals surface area contributed by atoms with Crippen molar-refractivity contribution in [2.24, 2.45) is 0 Å². The fraction of sp³-hybridized carbons (Fsp3) is 0.440. The van der Waals surface area contributed by atoms with Crippen LogP contribution in [0.5, 0.6) is 0 Å². The fourth-order valence-corrected chi connectivity index (χ4v) is 5.53. The lowest BCUT2D eigenvalue weighted by atomic mass is 9.82. The van der Waals surface area contributed by atoms with Crippen molar-refractivity contribution in [1.29, 1.82) is 0 Å². The van der Waals surface area contributed by atoms with E-state index in [0.717, 1.165) is 24.1 Å². The second-order valence-electron chi connectivity index (χ2n) is 9.28. The highest BCUT2D eigenvalue weighted by Gasteiger charge is 2.36. The van der Waals surface area contributed by atoms with Crippen LogP contribution < -0.4 is 10.2 Å². The van der Waals surface area contributed by atoms with Crippen LogP contribution in [0.15, 0.2) is 40.8 Å². The van der Waals surface area contributed by atoms with Gasteiger partial charge in [0.2, 0.25) is 5.89 Å². The van der Waals surface area contributed by atoms with Gasteiger partial charge in [0, 0.05) is 49.0 Å². The lowest BCUT2D eigenvalue weighted by Gasteiger charge is -2.47. The molecule has 0 saturated carbocycles. The summed E-state index contributed by atoms with van der Waals surface area (Å²) >= 11 is 6.36. The van der Waals surface area contributed by atoms with Crippen LogP contribution in [0.4, 0.5) is 5.69 Å². The van der Waals surface area contributed by atoms with E-state index in [-0.39, 0.29) is 11.9 Å². The average molecular weight is 453 g/mol. The maximum atomic E-state index is 13.3. The molecular formula is C25H29ClN4O2. The second-order valence-corrected chi connectivity index (χ2v) is 9.71. The largest absolute Gasteiger partial charge is 0.436 e. The van der Waals surface area contributed by atoms with Crippen LogP contribution in [0, 0.1) is 0 Å². The highest BCUT2D eigenvalue weighted by molar-refractivity contribution is 6.32. The van der Waals surface area contributed by atoms with Crippen LogP contribution in [-0.2, 0) is 0 Å². The Labute approximate surface area is 193 Å². The number of hydrogen-bond donors (Lipinski definition) is 1. The Balaban J connectivity index is 1.46. The Kier molecular flexibility index (Phi) is 5.59. The Morgan fingerprint density at radius 3 is 2.62 bits per heavy atom. The molecule has 1 aromatic heterocycles. The minimum atomic E-state index is -0.133. The highest BCUT2D eigenvalue weighted by Crippen LogP contribution is 2.35. The first kappa shape index (κ1) is 21.3. The molecule has 168 valence electrons. The molecule has 2 aliphatic heterocycles. The van der Waals surface area contributed by atoms with Crippen LogP contribution in [0.25, 0.3) is 22.6 Å². The van der Waals surface area contributed by atoms with E-state index < -0.39 is 0 Å². The summed E-state index contributed by atoms with van der Waals surface area (Å²) in [6.07, 6.45) is 5.67. The van der Waals surface area contributed by atoms with Crippen molar-refractivity contribution in [2.45, 2.75) is 50.2 Å². The summed E-state index contributed by atoms with van der Waals surface area (Å²) in [6.45, 7) is 0. The third-order valence-corrected chi connectivity index (χ3v) is 7.21. The number of carbonyl (C=O) groups excluding carboxylic acids is 1. The monoisotopic (exact) mass is 452 g/mol. The van der Waals surface area contributed by atoms with Gasteiger partial charge >= 0.3 is 0 Å². The summed E-state index contributed by atoms with van der Waals surface area (Å²) in [5.41, 5.74) is 3.40. The number of hydrogen-bond acceptors (Lipinski definition) is 5. The number of halogens is 1. The van der Waals surface area contributed by atoms with Crippen LogP contribution >= 0.6 is 11.6 Å². The van der Waals surface area contributed by atoms with E-state index in [1.807, 2.05) is 43.3 Å². The molecule has 2 saturated heterocycles. The quantitative estimate of drug-likeness (QED) is 0.606. The van der Waals surface area contributed by atoms with Gasteiger partial charge in [-0.05, 0) is 50.9 Å². The number of piperidine rings is 2. The maximum absolute atomic E-state index is 13.3. The molecule has 1 amide bonds. The molecule has 32 heavy (non-hydrogen) atoms. The predicted octanol–water partition coefficient (Wildman–Crippen LogP) is 4.96. The molecule has 3 heterocycles. The molecule has 2 aliphatic rings. The SMILES string of the molecule is CN(C)c1ccccc1-c1nc2c(C(=O)NC3CC4CCCC(C3)N4C)cc(Cl)cc2o1. The zero-order valence-corrected chi connectivity index (χ0v) is 19.5. The number of oxazole rings is 1. The number of benzene rings is 2. The van der Waals surface area contributed by atoms with Crippen molar-refractivity contribution in [3.8, 4) is 11.5 Å². The third kappa shape index (κ3) is 3.86. The number of para-hydroxylation sites is 1. The number of anilines is 1. The Hall–Kier alpha value is -2.57. The standard InChI is InChI=1S/C25H29ClN4O2/c1-29(2)21-10-5-4-9-19(21)25-28-23-20(11-15(26)12-22(23)32-25)24(31)27-16-13-17-7-6-8-18(14-16)30(17)3/h4-5,9-12,16-18H,6-8,13-14H2,1-3H3,(H,27,31). The summed E-state index contributed by atoms with van der Waals surface area (Å²) in [6, 6.07) is 12.6. The number of aromatic nitrogens is 1. The summed E-state index contributed by atoms with van der Waals surface area (Å²) in [5, 5.41) is 3.73. The van der Waals surface area contributed by atoms with E-state index in [1.54, 1.807) is 12.1 Å². The molecule has 7 heteroatoms. The number of nitrogens with zero attached hydrogens (tertiary/aromatic N) is 3. The molecule has 3 aromatic rings. The number of fused-ring (bicyclic) bond motifs is 3. The van der Waals surface area contributed by atoms with Crippen LogP contribution in [0.1, 0.15) is 42.5 Å². The first-order valence-electron chi connectivity index (χ1n) is 11.3. The smallest absolute Gasteiger partial charge is 0.253 e. The lowest BCUT2D eigenvalue weighted by Crippen LogP contribution is -2.55. The molecule has 0 aliphatic carbocycles. The molecule has 2 aromatic carbocycles. The summed E-state index contributed by atoms with van der Waals surface area (Å²) in [4.78, 5) is 22.6. The fourth-order valence-electron chi connectivity index (χ4n) is 5.33. The van der Waals surface area contributed by atoms with Gasteiger partial charge in [0.15, 0.2) is 5.58 Å². The topological polar surface area (TPSA) is 61.6 Å². The molecule has 2 atom stereocenters. The molecular weight excluding hydrogens is 424 g/mol. The van der Waals surface area contributed by atoms with Crippen molar-refractivity contribution in [3.63, 3.8) is 0 Å². The van der Waals surface area contributed by atoms with Crippen LogP contribution in [0.3, 0.4) is 0 Å². The third-order valence-electron chi connectivity index (χ3n) is 7.00. The molecule has 0 spiro atoms. The van der Waals surface area contributed by atoms with Crippen LogP contribution in [0.2, 0.25) is 5.02 Å². The van der Waals surface area contributed by atoms with Crippen molar-refractivity contribution in [2.75, 3.05) is 26.0 Å². The first-order valence-corrected chi connectivity index (χ1v) is 11.7. The normalized spacial score (nSPS) is 23.3. The van der Waals surface area contributed by atoms with Crippen molar-refractivity contribution >= 4 is 34.3 Å². The Morgan fingerprint density at radius 1 is 1.19 bits per heavy atom. The van der Waals surface area contributed by atoms with Crippen molar-refractivity contribution in [1.82, 2.24) is 15.2 Å². The van der Waals surface area contributed by atoms with Crippen LogP contribution in [-0.4, -0.2) is 55.1 Å².